The quantitative estimate of drug-likeness (QED) is 0.740. The Kier molecular flexibility index (Phi) is 4.72. The van der Waals surface area contributed by atoms with Crippen LogP contribution in [0.25, 0.3) is 0 Å². The number of nitrogens with one attached hydrogen (secondary N) is 1. The van der Waals surface area contributed by atoms with Crippen molar-refractivity contribution in [1.29, 1.82) is 0 Å². The van der Waals surface area contributed by atoms with Gasteiger partial charge < -0.3 is 15.0 Å². The molecular formula is C11H17N3O2. The molecule has 5 nitrogen and oxygen atoms in total. The molecule has 0 saturated carbocycles. The highest BCUT2D eigenvalue weighted by atomic mass is 16.5. The Morgan fingerprint density at radius 3 is 2.94 bits per heavy atom. The van der Waals surface area contributed by atoms with Crippen molar-refractivity contribution in [1.82, 2.24) is 10.3 Å². The summed E-state index contributed by atoms with van der Waals surface area (Å²) in [5.41, 5.74) is 0.606. The second-order valence-corrected chi connectivity index (χ2v) is 3.55. The van der Waals surface area contributed by atoms with E-state index in [0.717, 1.165) is 5.82 Å². The molecule has 1 heterocycles. The number of amides is 1. The van der Waals surface area contributed by atoms with E-state index >= 15 is 0 Å². The van der Waals surface area contributed by atoms with Crippen LogP contribution >= 0.6 is 0 Å². The van der Waals surface area contributed by atoms with Gasteiger partial charge in [-0.2, -0.15) is 0 Å². The van der Waals surface area contributed by atoms with Crippen molar-refractivity contribution in [3.63, 3.8) is 0 Å². The van der Waals surface area contributed by atoms with Crippen LogP contribution in [0.5, 0.6) is 0 Å². The normalized spacial score (nSPS) is 9.94. The molecule has 0 aliphatic carbocycles. The molecule has 0 fully saturated rings. The van der Waals surface area contributed by atoms with Gasteiger partial charge in [-0.1, -0.05) is 0 Å². The summed E-state index contributed by atoms with van der Waals surface area (Å²) in [5.74, 6) is 0.655. The van der Waals surface area contributed by atoms with Gasteiger partial charge in [-0.05, 0) is 12.1 Å². The van der Waals surface area contributed by atoms with E-state index in [1.165, 1.54) is 0 Å². The van der Waals surface area contributed by atoms with Gasteiger partial charge in [0.05, 0.1) is 6.61 Å². The van der Waals surface area contributed by atoms with Crippen LogP contribution in [0, 0.1) is 0 Å². The summed E-state index contributed by atoms with van der Waals surface area (Å²) in [5, 5.41) is 2.76. The van der Waals surface area contributed by atoms with Crippen molar-refractivity contribution in [3.05, 3.63) is 23.9 Å². The van der Waals surface area contributed by atoms with Crippen molar-refractivity contribution in [2.24, 2.45) is 0 Å². The molecular weight excluding hydrogens is 206 g/mol. The number of nitrogens with zero attached hydrogens (tertiary/aromatic N) is 2. The largest absolute Gasteiger partial charge is 0.383 e. The van der Waals surface area contributed by atoms with Gasteiger partial charge in [0.1, 0.15) is 5.82 Å². The summed E-state index contributed by atoms with van der Waals surface area (Å²) in [6.45, 7) is 1.02. The fourth-order valence-corrected chi connectivity index (χ4v) is 1.17. The Labute approximate surface area is 95.4 Å². The average Bonchev–Trinajstić information content (AvgIpc) is 2.29. The third-order valence-corrected chi connectivity index (χ3v) is 2.06. The fourth-order valence-electron chi connectivity index (χ4n) is 1.17. The Morgan fingerprint density at radius 1 is 1.56 bits per heavy atom. The maximum atomic E-state index is 11.7. The number of rotatable bonds is 5. The first kappa shape index (κ1) is 12.4. The molecule has 0 atom stereocenters. The summed E-state index contributed by atoms with van der Waals surface area (Å²) < 4.78 is 4.85. The molecule has 1 rings (SSSR count). The van der Waals surface area contributed by atoms with Crippen LogP contribution in [0.4, 0.5) is 5.82 Å². The summed E-state index contributed by atoms with van der Waals surface area (Å²) in [6.07, 6.45) is 1.63. The lowest BCUT2D eigenvalue weighted by Crippen LogP contribution is -2.27. The van der Waals surface area contributed by atoms with E-state index in [0.29, 0.717) is 18.7 Å². The molecule has 16 heavy (non-hydrogen) atoms. The molecule has 0 aromatic carbocycles. The van der Waals surface area contributed by atoms with Gasteiger partial charge in [0.2, 0.25) is 0 Å². The van der Waals surface area contributed by atoms with Crippen molar-refractivity contribution in [3.8, 4) is 0 Å². The van der Waals surface area contributed by atoms with Crippen molar-refractivity contribution < 1.29 is 9.53 Å². The van der Waals surface area contributed by atoms with Crippen LogP contribution in [0.3, 0.4) is 0 Å². The maximum Gasteiger partial charge on any atom is 0.251 e. The Bertz CT molecular complexity index is 353. The van der Waals surface area contributed by atoms with Gasteiger partial charge in [-0.15, -0.1) is 0 Å². The van der Waals surface area contributed by atoms with E-state index in [2.05, 4.69) is 10.3 Å². The fraction of sp³-hybridized carbons (Fsp3) is 0.455. The molecule has 0 aliphatic heterocycles. The Balaban J connectivity index is 2.64. The van der Waals surface area contributed by atoms with Crippen LogP contribution < -0.4 is 10.2 Å². The van der Waals surface area contributed by atoms with E-state index in [-0.39, 0.29) is 5.91 Å². The minimum absolute atomic E-state index is 0.109. The monoisotopic (exact) mass is 223 g/mol. The third-order valence-electron chi connectivity index (χ3n) is 2.06. The van der Waals surface area contributed by atoms with Crippen molar-refractivity contribution in [2.75, 3.05) is 39.3 Å². The predicted octanol–water partition coefficient (Wildman–Crippen LogP) is 0.524. The minimum Gasteiger partial charge on any atom is -0.383 e. The zero-order chi connectivity index (χ0) is 12.0. The Hall–Kier alpha value is -1.62. The summed E-state index contributed by atoms with van der Waals surface area (Å²) >= 11 is 0. The van der Waals surface area contributed by atoms with Gasteiger partial charge in [-0.25, -0.2) is 4.98 Å². The SMILES string of the molecule is COCCNC(=O)c1ccnc(N(C)C)c1. The number of aromatic nitrogens is 1. The zero-order valence-corrected chi connectivity index (χ0v) is 9.86. The summed E-state index contributed by atoms with van der Waals surface area (Å²) in [6, 6.07) is 3.44. The second-order valence-electron chi connectivity index (χ2n) is 3.55. The van der Waals surface area contributed by atoms with Gasteiger partial charge >= 0.3 is 0 Å². The zero-order valence-electron chi connectivity index (χ0n) is 9.86. The molecule has 0 bridgehead atoms. The van der Waals surface area contributed by atoms with Crippen LogP contribution in [-0.4, -0.2) is 45.2 Å². The molecule has 0 aliphatic rings. The number of ether oxygens (including phenoxy) is 1. The number of hydrogen-bond donors (Lipinski definition) is 1. The lowest BCUT2D eigenvalue weighted by molar-refractivity contribution is 0.0937. The Morgan fingerprint density at radius 2 is 2.31 bits per heavy atom. The third kappa shape index (κ3) is 3.51. The van der Waals surface area contributed by atoms with Gasteiger partial charge in [0, 0.05) is 39.5 Å². The number of pyridine rings is 1. The number of anilines is 1. The predicted molar refractivity (Wildman–Crippen MR) is 62.8 cm³/mol. The van der Waals surface area contributed by atoms with E-state index in [1.54, 1.807) is 25.4 Å². The van der Waals surface area contributed by atoms with Crippen molar-refractivity contribution >= 4 is 11.7 Å². The van der Waals surface area contributed by atoms with E-state index in [9.17, 15) is 4.79 Å². The first-order valence-corrected chi connectivity index (χ1v) is 5.05. The van der Waals surface area contributed by atoms with Crippen LogP contribution in [0.1, 0.15) is 10.4 Å². The molecule has 1 aromatic rings. The molecule has 5 heteroatoms. The van der Waals surface area contributed by atoms with E-state index < -0.39 is 0 Å². The first-order valence-electron chi connectivity index (χ1n) is 5.05. The molecule has 1 N–H and O–H groups in total. The van der Waals surface area contributed by atoms with Crippen LogP contribution in [-0.2, 0) is 4.74 Å². The number of carbonyl (C=O) groups excluding carboxylic acids is 1. The minimum atomic E-state index is -0.109. The molecule has 1 aromatic heterocycles. The van der Waals surface area contributed by atoms with Crippen LogP contribution in [0.15, 0.2) is 18.3 Å². The van der Waals surface area contributed by atoms with Crippen LogP contribution in [0.2, 0.25) is 0 Å². The molecule has 88 valence electrons. The lowest BCUT2D eigenvalue weighted by Gasteiger charge is -2.12. The summed E-state index contributed by atoms with van der Waals surface area (Å²) in [4.78, 5) is 17.7. The first-order chi connectivity index (χ1) is 7.65. The highest BCUT2D eigenvalue weighted by Gasteiger charge is 2.06. The highest BCUT2D eigenvalue weighted by Crippen LogP contribution is 2.09. The highest BCUT2D eigenvalue weighted by molar-refractivity contribution is 5.94. The lowest BCUT2D eigenvalue weighted by atomic mass is 10.2. The summed E-state index contributed by atoms with van der Waals surface area (Å²) in [7, 11) is 5.37. The topological polar surface area (TPSA) is 54.5 Å². The smallest absolute Gasteiger partial charge is 0.251 e. The van der Waals surface area contributed by atoms with E-state index in [1.807, 2.05) is 19.0 Å². The number of carbonyl (C=O) groups is 1. The standard InChI is InChI=1S/C11H17N3O2/c1-14(2)10-8-9(4-5-12-10)11(15)13-6-7-16-3/h4-5,8H,6-7H2,1-3H3,(H,13,15). The van der Waals surface area contributed by atoms with Crippen molar-refractivity contribution in [2.45, 2.75) is 0 Å². The van der Waals surface area contributed by atoms with E-state index in [4.69, 9.17) is 4.74 Å². The van der Waals surface area contributed by atoms with Gasteiger partial charge in [0.15, 0.2) is 0 Å². The number of hydrogen-bond acceptors (Lipinski definition) is 4. The number of methoxy groups -OCH3 is 1. The molecule has 0 unspecified atom stereocenters. The molecule has 1 amide bonds. The molecule has 0 spiro atoms. The molecule has 0 radical (unpaired) electrons. The molecule has 0 saturated heterocycles. The van der Waals surface area contributed by atoms with Gasteiger partial charge in [0.25, 0.3) is 5.91 Å². The van der Waals surface area contributed by atoms with Gasteiger partial charge in [-0.3, -0.25) is 4.79 Å². The second kappa shape index (κ2) is 6.07. The maximum absolute atomic E-state index is 11.7. The average molecular weight is 223 g/mol.